The van der Waals surface area contributed by atoms with E-state index in [0.717, 1.165) is 6.61 Å². The molecule has 0 radical (unpaired) electrons. The van der Waals surface area contributed by atoms with E-state index in [1.807, 2.05) is 0 Å². The summed E-state index contributed by atoms with van der Waals surface area (Å²) in [6.07, 6.45) is 1.26. The molecule has 1 fully saturated rings. The van der Waals surface area contributed by atoms with Crippen molar-refractivity contribution in [2.45, 2.75) is 31.9 Å². The van der Waals surface area contributed by atoms with E-state index in [1.54, 1.807) is 0 Å². The Balaban J connectivity index is 2.42. The molecule has 9 heavy (non-hydrogen) atoms. The lowest BCUT2D eigenvalue weighted by molar-refractivity contribution is 0.385. The summed E-state index contributed by atoms with van der Waals surface area (Å²) in [6, 6.07) is 0. The van der Waals surface area contributed by atoms with Crippen molar-refractivity contribution in [2.75, 3.05) is 12.4 Å². The second-order valence-corrected chi connectivity index (χ2v) is 5.90. The van der Waals surface area contributed by atoms with Crippen molar-refractivity contribution >= 4 is 11.2 Å². The van der Waals surface area contributed by atoms with Gasteiger partial charge in [0.05, 0.1) is 0 Å². The minimum absolute atomic E-state index is 0.255. The molecule has 0 spiro atoms. The van der Waals surface area contributed by atoms with E-state index in [9.17, 15) is 0 Å². The zero-order valence-electron chi connectivity index (χ0n) is 6.44. The zero-order valence-corrected chi connectivity index (χ0v) is 7.25. The Bertz CT molecular complexity index is 89.6. The molecule has 1 nitrogen and oxygen atoms in total. The fourth-order valence-electron chi connectivity index (χ4n) is 0.891. The van der Waals surface area contributed by atoms with E-state index >= 15 is 0 Å². The maximum absolute atomic E-state index is 5.55. The number of rotatable bonds is 0. The van der Waals surface area contributed by atoms with Crippen LogP contribution in [0.3, 0.4) is 0 Å². The van der Waals surface area contributed by atoms with Crippen LogP contribution in [-0.4, -0.2) is 17.1 Å². The fraction of sp³-hybridized carbons (Fsp3) is 1.00. The van der Waals surface area contributed by atoms with Gasteiger partial charge in [0.25, 0.3) is 0 Å². The first-order chi connectivity index (χ1) is 4.11. The van der Waals surface area contributed by atoms with Crippen LogP contribution in [0, 0.1) is 0 Å². The second kappa shape index (κ2) is 2.51. The van der Waals surface area contributed by atoms with Gasteiger partial charge in [-0.05, 0) is 20.8 Å². The molecule has 1 rings (SSSR count). The molecule has 1 aliphatic heterocycles. The highest BCUT2D eigenvalue weighted by atomic mass is 32.2. The van der Waals surface area contributed by atoms with Gasteiger partial charge in [-0.1, -0.05) is 0 Å². The molecule has 1 heterocycles. The van der Waals surface area contributed by atoms with E-state index in [1.165, 1.54) is 12.2 Å². The molecule has 0 aromatic heterocycles. The molecule has 1 unspecified atom stereocenters. The van der Waals surface area contributed by atoms with E-state index in [2.05, 4.69) is 20.8 Å². The molecule has 0 N–H and O–H groups in total. The van der Waals surface area contributed by atoms with Crippen LogP contribution in [-0.2, 0) is 15.4 Å². The van der Waals surface area contributed by atoms with Gasteiger partial charge in [0.15, 0.2) is 15.9 Å². The molecule has 0 aromatic rings. The third-order valence-electron chi connectivity index (χ3n) is 1.38. The Morgan fingerprint density at radius 3 is 2.22 bits per heavy atom. The Morgan fingerprint density at radius 2 is 2.00 bits per heavy atom. The molecule has 0 saturated carbocycles. The third-order valence-corrected chi connectivity index (χ3v) is 3.86. The van der Waals surface area contributed by atoms with Gasteiger partial charge in [0, 0.05) is 6.42 Å². The average Bonchev–Trinajstić information content (AvgIpc) is 2.08. The monoisotopic (exact) mass is 147 g/mol. The summed E-state index contributed by atoms with van der Waals surface area (Å²) < 4.78 is 5.93. The molecule has 0 bridgehead atoms. The molecular weight excluding hydrogens is 132 g/mol. The molecule has 1 atom stereocenters. The molecular formula is C7H15OS+. The Hall–Kier alpha value is 0.310. The average molecular weight is 147 g/mol. The van der Waals surface area contributed by atoms with E-state index in [0.29, 0.717) is 4.75 Å². The SMILES string of the molecule is CC(C)(C)[S+]1CCCO1. The summed E-state index contributed by atoms with van der Waals surface area (Å²) in [5.74, 6) is 1.28. The lowest BCUT2D eigenvalue weighted by atomic mass is 10.3. The zero-order chi connectivity index (χ0) is 6.91. The van der Waals surface area contributed by atoms with Gasteiger partial charge in [0.2, 0.25) is 0 Å². The summed E-state index contributed by atoms with van der Waals surface area (Å²) in [6.45, 7) is 7.74. The lowest BCUT2D eigenvalue weighted by Crippen LogP contribution is -2.28. The molecule has 0 aromatic carbocycles. The van der Waals surface area contributed by atoms with Crippen molar-refractivity contribution in [1.29, 1.82) is 0 Å². The maximum Gasteiger partial charge on any atom is 0.152 e. The largest absolute Gasteiger partial charge is 0.173 e. The van der Waals surface area contributed by atoms with E-state index in [4.69, 9.17) is 4.18 Å². The van der Waals surface area contributed by atoms with Crippen LogP contribution in [0.1, 0.15) is 27.2 Å². The predicted octanol–water partition coefficient (Wildman–Crippen LogP) is 1.74. The van der Waals surface area contributed by atoms with Crippen LogP contribution in [0.25, 0.3) is 0 Å². The number of hydrogen-bond acceptors (Lipinski definition) is 1. The van der Waals surface area contributed by atoms with Crippen LogP contribution in [0.4, 0.5) is 0 Å². The van der Waals surface area contributed by atoms with Crippen molar-refractivity contribution in [3.8, 4) is 0 Å². The van der Waals surface area contributed by atoms with Crippen molar-refractivity contribution in [1.82, 2.24) is 0 Å². The standard InChI is InChI=1S/C7H15OS/c1-7(2,3)9-6-4-5-8-9/h4-6H2,1-3H3/q+1. The Labute approximate surface area is 60.3 Å². The van der Waals surface area contributed by atoms with Crippen molar-refractivity contribution < 1.29 is 4.18 Å². The smallest absolute Gasteiger partial charge is 0.152 e. The van der Waals surface area contributed by atoms with Gasteiger partial charge in [0.1, 0.15) is 12.4 Å². The Kier molecular flexibility index (Phi) is 2.07. The first kappa shape index (κ1) is 7.42. The molecule has 0 amide bonds. The van der Waals surface area contributed by atoms with Gasteiger partial charge in [-0.3, -0.25) is 0 Å². The first-order valence-corrected chi connectivity index (χ1v) is 4.77. The van der Waals surface area contributed by atoms with Crippen LogP contribution < -0.4 is 0 Å². The minimum Gasteiger partial charge on any atom is -0.173 e. The topological polar surface area (TPSA) is 9.23 Å². The van der Waals surface area contributed by atoms with Gasteiger partial charge in [-0.25, -0.2) is 0 Å². The molecule has 54 valence electrons. The van der Waals surface area contributed by atoms with Crippen LogP contribution in [0.2, 0.25) is 0 Å². The van der Waals surface area contributed by atoms with Gasteiger partial charge >= 0.3 is 0 Å². The first-order valence-electron chi connectivity index (χ1n) is 3.45. The van der Waals surface area contributed by atoms with Gasteiger partial charge < -0.3 is 0 Å². The molecule has 1 saturated heterocycles. The van der Waals surface area contributed by atoms with Crippen molar-refractivity contribution in [3.05, 3.63) is 0 Å². The molecule has 0 aliphatic carbocycles. The number of hydrogen-bond donors (Lipinski definition) is 0. The highest BCUT2D eigenvalue weighted by Crippen LogP contribution is 2.25. The van der Waals surface area contributed by atoms with Gasteiger partial charge in [-0.2, -0.15) is 4.18 Å². The molecule has 2 heteroatoms. The van der Waals surface area contributed by atoms with Crippen LogP contribution in [0.15, 0.2) is 0 Å². The molecule has 1 aliphatic rings. The third kappa shape index (κ3) is 1.87. The normalized spacial score (nSPS) is 29.0. The van der Waals surface area contributed by atoms with Crippen molar-refractivity contribution in [3.63, 3.8) is 0 Å². The summed E-state index contributed by atoms with van der Waals surface area (Å²) in [7, 11) is 0. The lowest BCUT2D eigenvalue weighted by Gasteiger charge is -2.13. The van der Waals surface area contributed by atoms with Crippen molar-refractivity contribution in [2.24, 2.45) is 0 Å². The quantitative estimate of drug-likeness (QED) is 0.474. The van der Waals surface area contributed by atoms with E-state index in [-0.39, 0.29) is 11.2 Å². The highest BCUT2D eigenvalue weighted by Gasteiger charge is 2.39. The summed E-state index contributed by atoms with van der Waals surface area (Å²) in [5, 5.41) is 0. The fourth-order valence-corrected chi connectivity index (χ4v) is 2.67. The maximum atomic E-state index is 5.55. The highest BCUT2D eigenvalue weighted by molar-refractivity contribution is 7.93. The van der Waals surface area contributed by atoms with Crippen LogP contribution in [0.5, 0.6) is 0 Å². The summed E-state index contributed by atoms with van der Waals surface area (Å²) >= 11 is 0.255. The summed E-state index contributed by atoms with van der Waals surface area (Å²) in [5.41, 5.74) is 0. The minimum atomic E-state index is 0.255. The summed E-state index contributed by atoms with van der Waals surface area (Å²) in [4.78, 5) is 0. The Morgan fingerprint density at radius 1 is 1.33 bits per heavy atom. The second-order valence-electron chi connectivity index (χ2n) is 3.34. The predicted molar refractivity (Wildman–Crippen MR) is 42.6 cm³/mol. The van der Waals surface area contributed by atoms with Gasteiger partial charge in [-0.15, -0.1) is 0 Å². The van der Waals surface area contributed by atoms with Crippen LogP contribution >= 0.6 is 0 Å². The van der Waals surface area contributed by atoms with E-state index < -0.39 is 0 Å².